The van der Waals surface area contributed by atoms with E-state index in [1.54, 1.807) is 23.9 Å². The van der Waals surface area contributed by atoms with Crippen molar-refractivity contribution in [3.05, 3.63) is 29.8 Å². The molecule has 1 heterocycles. The van der Waals surface area contributed by atoms with Gasteiger partial charge in [0, 0.05) is 18.2 Å². The zero-order valence-corrected chi connectivity index (χ0v) is 19.0. The number of hydrogen-bond donors (Lipinski definition) is 1. The summed E-state index contributed by atoms with van der Waals surface area (Å²) < 4.78 is 26.4. The summed E-state index contributed by atoms with van der Waals surface area (Å²) in [6.07, 6.45) is 2.67. The van der Waals surface area contributed by atoms with Crippen LogP contribution in [0.1, 0.15) is 39.2 Å². The van der Waals surface area contributed by atoms with E-state index in [0.717, 1.165) is 16.3 Å². The normalized spacial score (nSPS) is 11.6. The Bertz CT molecular complexity index is 880. The van der Waals surface area contributed by atoms with Crippen LogP contribution in [0.5, 0.6) is 0 Å². The first-order valence-corrected chi connectivity index (χ1v) is 12.6. The first-order chi connectivity index (χ1) is 13.2. The van der Waals surface area contributed by atoms with Crippen LogP contribution in [0.15, 0.2) is 28.6 Å². The van der Waals surface area contributed by atoms with Gasteiger partial charge in [-0.05, 0) is 30.5 Å². The molecule has 0 spiro atoms. The summed E-state index contributed by atoms with van der Waals surface area (Å²) >= 11 is 2.93. The Morgan fingerprint density at radius 3 is 2.50 bits per heavy atom. The van der Waals surface area contributed by atoms with Crippen molar-refractivity contribution < 1.29 is 13.2 Å². The monoisotopic (exact) mass is 442 g/mol. The number of aromatic nitrogens is 2. The number of sulfonamides is 1. The number of amides is 1. The van der Waals surface area contributed by atoms with Gasteiger partial charge in [-0.3, -0.25) is 9.10 Å². The molecule has 10 heteroatoms. The molecule has 0 aliphatic heterocycles. The highest BCUT2D eigenvalue weighted by Gasteiger charge is 2.18. The molecule has 7 nitrogen and oxygen atoms in total. The zero-order valence-electron chi connectivity index (χ0n) is 16.5. The van der Waals surface area contributed by atoms with Gasteiger partial charge in [0.1, 0.15) is 0 Å². The molecule has 1 aromatic heterocycles. The van der Waals surface area contributed by atoms with Gasteiger partial charge in [0.05, 0.1) is 11.9 Å². The van der Waals surface area contributed by atoms with Gasteiger partial charge >= 0.3 is 0 Å². The smallest absolute Gasteiger partial charge is 0.232 e. The van der Waals surface area contributed by atoms with E-state index in [9.17, 15) is 13.2 Å². The molecule has 0 atom stereocenters. The van der Waals surface area contributed by atoms with E-state index < -0.39 is 10.0 Å². The van der Waals surface area contributed by atoms with Crippen molar-refractivity contribution in [1.29, 1.82) is 0 Å². The summed E-state index contributed by atoms with van der Waals surface area (Å²) in [6.45, 7) is 6.41. The van der Waals surface area contributed by atoms with Gasteiger partial charge in [0.25, 0.3) is 0 Å². The highest BCUT2D eigenvalue weighted by molar-refractivity contribution is 8.01. The SMILES string of the molecule is CCc1ccc(N(CCCC(=O)Nc2nnc(SC(C)C)s2)S(C)(=O)=O)cc1. The van der Waals surface area contributed by atoms with Crippen molar-refractivity contribution in [2.45, 2.75) is 49.6 Å². The maximum atomic E-state index is 12.2. The van der Waals surface area contributed by atoms with Crippen molar-refractivity contribution in [2.75, 3.05) is 22.4 Å². The molecule has 0 saturated carbocycles. The summed E-state index contributed by atoms with van der Waals surface area (Å²) in [4.78, 5) is 12.1. The lowest BCUT2D eigenvalue weighted by Gasteiger charge is -2.22. The van der Waals surface area contributed by atoms with Crippen LogP contribution in [-0.2, 0) is 21.2 Å². The third-order valence-corrected chi connectivity index (χ3v) is 6.91. The van der Waals surface area contributed by atoms with Crippen molar-refractivity contribution in [3.8, 4) is 0 Å². The highest BCUT2D eigenvalue weighted by Crippen LogP contribution is 2.28. The van der Waals surface area contributed by atoms with Crippen molar-refractivity contribution in [1.82, 2.24) is 10.2 Å². The number of thioether (sulfide) groups is 1. The summed E-state index contributed by atoms with van der Waals surface area (Å²) in [5.74, 6) is -0.202. The van der Waals surface area contributed by atoms with Crippen LogP contribution < -0.4 is 9.62 Å². The second kappa shape index (κ2) is 10.2. The molecule has 2 aromatic rings. The van der Waals surface area contributed by atoms with Crippen LogP contribution >= 0.6 is 23.1 Å². The average molecular weight is 443 g/mol. The lowest BCUT2D eigenvalue weighted by Crippen LogP contribution is -2.31. The summed E-state index contributed by atoms with van der Waals surface area (Å²) in [5, 5.41) is 11.6. The number of hydrogen-bond acceptors (Lipinski definition) is 7. The number of benzene rings is 1. The molecule has 1 amide bonds. The van der Waals surface area contributed by atoms with Gasteiger partial charge in [-0.1, -0.05) is 56.0 Å². The van der Waals surface area contributed by atoms with Gasteiger partial charge < -0.3 is 5.32 Å². The van der Waals surface area contributed by atoms with Gasteiger partial charge in [0.2, 0.25) is 21.1 Å². The molecule has 0 aliphatic carbocycles. The van der Waals surface area contributed by atoms with Crippen LogP contribution in [0.3, 0.4) is 0 Å². The molecule has 0 fully saturated rings. The van der Waals surface area contributed by atoms with Crippen LogP contribution in [0, 0.1) is 0 Å². The maximum absolute atomic E-state index is 12.2. The minimum Gasteiger partial charge on any atom is -0.301 e. The lowest BCUT2D eigenvalue weighted by molar-refractivity contribution is -0.116. The quantitative estimate of drug-likeness (QED) is 0.445. The molecule has 0 bridgehead atoms. The standard InChI is InChI=1S/C18H26N4O3S3/c1-5-14-8-10-15(11-9-14)22(28(4,24)25)12-6-7-16(23)19-17-20-21-18(27-17)26-13(2)3/h8-11,13H,5-7,12H2,1-4H3,(H,19,20,23). The summed E-state index contributed by atoms with van der Waals surface area (Å²) in [6, 6.07) is 7.44. The molecule has 2 rings (SSSR count). The van der Waals surface area contributed by atoms with Crippen LogP contribution in [-0.4, -0.2) is 42.6 Å². The molecular formula is C18H26N4O3S3. The van der Waals surface area contributed by atoms with Crippen LogP contribution in [0.25, 0.3) is 0 Å². The second-order valence-electron chi connectivity index (χ2n) is 6.55. The largest absolute Gasteiger partial charge is 0.301 e. The minimum absolute atomic E-state index is 0.200. The van der Waals surface area contributed by atoms with E-state index in [-0.39, 0.29) is 18.9 Å². The number of anilines is 2. The van der Waals surface area contributed by atoms with E-state index in [1.807, 2.05) is 19.1 Å². The zero-order chi connectivity index (χ0) is 20.7. The van der Waals surface area contributed by atoms with Gasteiger partial charge in [-0.15, -0.1) is 10.2 Å². The highest BCUT2D eigenvalue weighted by atomic mass is 32.2. The van der Waals surface area contributed by atoms with Crippen molar-refractivity contribution in [3.63, 3.8) is 0 Å². The molecule has 0 unspecified atom stereocenters. The summed E-state index contributed by atoms with van der Waals surface area (Å²) in [7, 11) is -3.42. The predicted molar refractivity (Wildman–Crippen MR) is 117 cm³/mol. The number of nitrogens with one attached hydrogen (secondary N) is 1. The molecule has 1 aromatic carbocycles. The lowest BCUT2D eigenvalue weighted by atomic mass is 10.1. The summed E-state index contributed by atoms with van der Waals surface area (Å²) in [5.41, 5.74) is 1.75. The molecular weight excluding hydrogens is 416 g/mol. The van der Waals surface area contributed by atoms with E-state index >= 15 is 0 Å². The Balaban J connectivity index is 1.90. The fraction of sp³-hybridized carbons (Fsp3) is 0.500. The molecule has 1 N–H and O–H groups in total. The van der Waals surface area contributed by atoms with E-state index in [0.29, 0.717) is 22.5 Å². The number of carbonyl (C=O) groups is 1. The van der Waals surface area contributed by atoms with E-state index in [4.69, 9.17) is 0 Å². The topological polar surface area (TPSA) is 92.3 Å². The Morgan fingerprint density at radius 1 is 1.25 bits per heavy atom. The number of rotatable bonds is 10. The predicted octanol–water partition coefficient (Wildman–Crippen LogP) is 3.79. The number of carbonyl (C=O) groups excluding carboxylic acids is 1. The van der Waals surface area contributed by atoms with Gasteiger partial charge in [-0.25, -0.2) is 8.42 Å². The van der Waals surface area contributed by atoms with Crippen molar-refractivity contribution in [2.24, 2.45) is 0 Å². The Morgan fingerprint density at radius 2 is 1.93 bits per heavy atom. The van der Waals surface area contributed by atoms with Crippen LogP contribution in [0.2, 0.25) is 0 Å². The molecule has 154 valence electrons. The Labute approximate surface area is 175 Å². The van der Waals surface area contributed by atoms with Gasteiger partial charge in [-0.2, -0.15) is 0 Å². The molecule has 0 aliphatic rings. The average Bonchev–Trinajstić information content (AvgIpc) is 3.04. The molecule has 0 saturated heterocycles. The first kappa shape index (κ1) is 22.6. The maximum Gasteiger partial charge on any atom is 0.232 e. The number of nitrogens with zero attached hydrogens (tertiary/aromatic N) is 3. The first-order valence-electron chi connectivity index (χ1n) is 9.05. The third kappa shape index (κ3) is 7.06. The number of aryl methyl sites for hydroxylation is 1. The fourth-order valence-corrected chi connectivity index (χ4v) is 5.42. The molecule has 28 heavy (non-hydrogen) atoms. The van der Waals surface area contributed by atoms with E-state index in [2.05, 4.69) is 29.4 Å². The van der Waals surface area contributed by atoms with E-state index in [1.165, 1.54) is 21.9 Å². The fourth-order valence-electron chi connectivity index (χ4n) is 2.46. The van der Waals surface area contributed by atoms with Crippen LogP contribution in [0.4, 0.5) is 10.8 Å². The molecule has 0 radical (unpaired) electrons. The Hall–Kier alpha value is -1.65. The minimum atomic E-state index is -3.42. The Kier molecular flexibility index (Phi) is 8.26. The second-order valence-corrected chi connectivity index (χ2v) is 11.3. The van der Waals surface area contributed by atoms with Crippen molar-refractivity contribution >= 4 is 49.8 Å². The van der Waals surface area contributed by atoms with Gasteiger partial charge in [0.15, 0.2) is 4.34 Å². The third-order valence-electron chi connectivity index (χ3n) is 3.79.